The van der Waals surface area contributed by atoms with Crippen LogP contribution in [0.1, 0.15) is 24.0 Å². The van der Waals surface area contributed by atoms with Gasteiger partial charge in [0.1, 0.15) is 22.3 Å². The van der Waals surface area contributed by atoms with Gasteiger partial charge in [-0.15, -0.1) is 0 Å². The summed E-state index contributed by atoms with van der Waals surface area (Å²) in [6.07, 6.45) is -7.02. The number of carbonyl (C=O) groups excluding carboxylic acids is 1. The first-order valence-electron chi connectivity index (χ1n) is 22.0. The molecule has 360 valence electrons. The summed E-state index contributed by atoms with van der Waals surface area (Å²) in [4.78, 5) is 28.7. The normalized spacial score (nSPS) is 16.7. The Labute approximate surface area is 394 Å². The average Bonchev–Trinajstić information content (AvgIpc) is 4.17. The van der Waals surface area contributed by atoms with E-state index in [-0.39, 0.29) is 11.9 Å². The number of halogens is 6. The number of methoxy groups -OCH3 is 2. The van der Waals surface area contributed by atoms with E-state index in [2.05, 4.69) is 40.7 Å². The maximum Gasteiger partial charge on any atom is 0.416 e. The number of carbonyl (C=O) groups is 1. The molecule has 4 aromatic carbocycles. The highest BCUT2D eigenvalue weighted by atomic mass is 19.4. The molecule has 4 aromatic heterocycles. The van der Waals surface area contributed by atoms with Crippen molar-refractivity contribution in [2.45, 2.75) is 37.3 Å². The first-order valence-corrected chi connectivity index (χ1v) is 22.0. The van der Waals surface area contributed by atoms with Gasteiger partial charge in [0.05, 0.1) is 54.2 Å². The molecule has 2 fully saturated rings. The SMILES string of the molecule is COc1cccc2onc(N)c12.COc1cccc2onc(NC(=O)N3c4nc(-c5cccc(C(F)(F)F)c5)ccc4N4CC[C@H]3C4)c12.FC(F)(F)c1cccc(-c2ccc3c(n2)N[C@H]2CCN3C2)c1. The summed E-state index contributed by atoms with van der Waals surface area (Å²) in [5, 5.41) is 15.1. The molecule has 2 atom stereocenters. The predicted molar refractivity (Wildman–Crippen MR) is 251 cm³/mol. The standard InChI is InChI=1S/C25H20F3N5O3.C16H14F3N3.C8H8N2O2/c1-35-19-6-3-7-20-21(19)22(31-36-20)30-24(34)33-16-10-11-32(13-16)18-9-8-17(29-23(18)33)14-4-2-5-15(12-14)25(26,27)28;17-16(18,19)11-3-1-2-10(8-11)13-4-5-14-15(21-13)20-12-6-7-22(14)9-12;1-11-5-3-2-4-6-7(5)8(9)10-12-6/h2-9,12,16H,10-11,13H2,1H3,(H,30,31,34);1-5,8,12H,6-7,9H2,(H,20,21);2-4H,1H3,(H2,9,10)/t16-;12-;/m00./s1. The molecule has 0 saturated carbocycles. The van der Waals surface area contributed by atoms with Crippen LogP contribution in [0.5, 0.6) is 11.5 Å². The van der Waals surface area contributed by atoms with Gasteiger partial charge < -0.3 is 39.4 Å². The highest BCUT2D eigenvalue weighted by Crippen LogP contribution is 2.42. The molecular weight excluding hydrogens is 923 g/mol. The lowest BCUT2D eigenvalue weighted by Crippen LogP contribution is -2.48. The Morgan fingerprint density at radius 2 is 1.27 bits per heavy atom. The topological polar surface area (TPSA) is 173 Å². The summed E-state index contributed by atoms with van der Waals surface area (Å²) in [5.41, 5.74) is 8.73. The third kappa shape index (κ3) is 8.73. The Hall–Kier alpha value is -8.23. The van der Waals surface area contributed by atoms with Crippen LogP contribution in [-0.2, 0) is 12.4 Å². The number of nitrogen functional groups attached to an aromatic ring is 1. The Morgan fingerprint density at radius 3 is 1.93 bits per heavy atom. The number of urea groups is 1. The van der Waals surface area contributed by atoms with Gasteiger partial charge >= 0.3 is 18.4 Å². The number of alkyl halides is 6. The van der Waals surface area contributed by atoms with Crippen molar-refractivity contribution < 1.29 is 49.7 Å². The molecule has 0 radical (unpaired) electrons. The van der Waals surface area contributed by atoms with Gasteiger partial charge in [0.2, 0.25) is 0 Å². The van der Waals surface area contributed by atoms with Crippen LogP contribution in [0.3, 0.4) is 0 Å². The van der Waals surface area contributed by atoms with Gasteiger partial charge in [0, 0.05) is 43.3 Å². The van der Waals surface area contributed by atoms with Gasteiger partial charge in [-0.3, -0.25) is 10.2 Å². The second kappa shape index (κ2) is 18.0. The molecule has 4 aliphatic heterocycles. The van der Waals surface area contributed by atoms with E-state index in [1.165, 1.54) is 19.2 Å². The number of ether oxygens (including phenoxy) is 2. The number of amides is 2. The first-order chi connectivity index (χ1) is 33.7. The lowest BCUT2D eigenvalue weighted by Gasteiger charge is -2.35. The van der Waals surface area contributed by atoms with Crippen molar-refractivity contribution in [2.75, 3.05) is 71.5 Å². The second-order valence-electron chi connectivity index (χ2n) is 16.8. The van der Waals surface area contributed by atoms with Crippen LogP contribution in [0.2, 0.25) is 0 Å². The molecule has 4 N–H and O–H groups in total. The maximum absolute atomic E-state index is 13.6. The summed E-state index contributed by atoms with van der Waals surface area (Å²) in [7, 11) is 3.10. The summed E-state index contributed by atoms with van der Waals surface area (Å²) in [6, 6.07) is 27.9. The monoisotopic (exact) mass is 964 g/mol. The van der Waals surface area contributed by atoms with E-state index < -0.39 is 29.5 Å². The molecule has 4 aliphatic rings. The van der Waals surface area contributed by atoms with Crippen molar-refractivity contribution in [3.05, 3.63) is 120 Å². The number of pyridine rings is 2. The van der Waals surface area contributed by atoms with Crippen LogP contribution in [0.25, 0.3) is 44.5 Å². The predicted octanol–water partition coefficient (Wildman–Crippen LogP) is 10.7. The van der Waals surface area contributed by atoms with Crippen LogP contribution in [0.15, 0.2) is 118 Å². The zero-order valence-electron chi connectivity index (χ0n) is 37.3. The fourth-order valence-corrected chi connectivity index (χ4v) is 9.14. The highest BCUT2D eigenvalue weighted by Gasteiger charge is 2.41. The van der Waals surface area contributed by atoms with Gasteiger partial charge in [-0.05, 0) is 85.6 Å². The number of benzene rings is 4. The van der Waals surface area contributed by atoms with E-state index in [4.69, 9.17) is 24.3 Å². The molecule has 21 heteroatoms. The van der Waals surface area contributed by atoms with Crippen molar-refractivity contribution in [3.8, 4) is 34.0 Å². The van der Waals surface area contributed by atoms with Crippen LogP contribution in [-0.4, -0.2) is 78.8 Å². The third-order valence-corrected chi connectivity index (χ3v) is 12.5. The van der Waals surface area contributed by atoms with E-state index in [1.807, 2.05) is 18.2 Å². The minimum absolute atomic E-state index is 0.151. The molecule has 0 unspecified atom stereocenters. The van der Waals surface area contributed by atoms with Gasteiger partial charge in [-0.2, -0.15) is 26.3 Å². The number of nitrogens with two attached hydrogens (primary N) is 1. The fourth-order valence-electron chi connectivity index (χ4n) is 9.14. The van der Waals surface area contributed by atoms with E-state index in [0.717, 1.165) is 79.3 Å². The Morgan fingerprint density at radius 1 is 0.700 bits per heavy atom. The quantitative estimate of drug-likeness (QED) is 0.139. The van der Waals surface area contributed by atoms with Crippen molar-refractivity contribution in [3.63, 3.8) is 0 Å². The number of aromatic nitrogens is 4. The first kappa shape index (κ1) is 45.5. The van der Waals surface area contributed by atoms with Gasteiger partial charge in [-0.1, -0.05) is 46.7 Å². The van der Waals surface area contributed by atoms with E-state index >= 15 is 0 Å². The average molecular weight is 965 g/mol. The van der Waals surface area contributed by atoms with Crippen LogP contribution in [0.4, 0.5) is 65.8 Å². The van der Waals surface area contributed by atoms with E-state index in [1.54, 1.807) is 66.6 Å². The van der Waals surface area contributed by atoms with E-state index in [0.29, 0.717) is 74.8 Å². The smallest absolute Gasteiger partial charge is 0.416 e. The Balaban J connectivity index is 0.000000140. The summed E-state index contributed by atoms with van der Waals surface area (Å²) in [6.45, 7) is 3.34. The van der Waals surface area contributed by atoms with Crippen molar-refractivity contribution in [1.29, 1.82) is 0 Å². The van der Waals surface area contributed by atoms with Crippen LogP contribution < -0.4 is 40.5 Å². The lowest BCUT2D eigenvalue weighted by molar-refractivity contribution is -0.138. The number of nitrogens with zero attached hydrogens (tertiary/aromatic N) is 7. The molecule has 0 spiro atoms. The maximum atomic E-state index is 13.6. The zero-order valence-corrected chi connectivity index (χ0v) is 37.3. The summed E-state index contributed by atoms with van der Waals surface area (Å²) >= 11 is 0. The number of nitrogens with one attached hydrogen (secondary N) is 2. The molecule has 8 aromatic rings. The molecule has 0 aliphatic carbocycles. The number of rotatable bonds is 5. The lowest BCUT2D eigenvalue weighted by atomic mass is 10.1. The number of hydrogen-bond donors (Lipinski definition) is 3. The largest absolute Gasteiger partial charge is 0.496 e. The summed E-state index contributed by atoms with van der Waals surface area (Å²) in [5.74, 6) is 2.91. The molecule has 8 heterocycles. The third-order valence-electron chi connectivity index (χ3n) is 12.5. The molecule has 2 amide bonds. The van der Waals surface area contributed by atoms with E-state index in [9.17, 15) is 31.1 Å². The van der Waals surface area contributed by atoms with Crippen molar-refractivity contribution >= 4 is 62.6 Å². The van der Waals surface area contributed by atoms with Crippen molar-refractivity contribution in [1.82, 2.24) is 20.3 Å². The Bertz CT molecular complexity index is 3250. The van der Waals surface area contributed by atoms with Crippen LogP contribution in [0, 0.1) is 0 Å². The summed E-state index contributed by atoms with van der Waals surface area (Å²) < 4.78 is 99.1. The fraction of sp³-hybridized carbons (Fsp3) is 0.245. The Kier molecular flexibility index (Phi) is 11.7. The second-order valence-corrected chi connectivity index (χ2v) is 16.8. The molecule has 4 bridgehead atoms. The molecule has 12 rings (SSSR count). The van der Waals surface area contributed by atoms with Gasteiger partial charge in [0.15, 0.2) is 34.4 Å². The van der Waals surface area contributed by atoms with Gasteiger partial charge in [0.25, 0.3) is 0 Å². The number of anilines is 6. The van der Waals surface area contributed by atoms with Gasteiger partial charge in [-0.25, -0.2) is 14.8 Å². The minimum atomic E-state index is -4.47. The highest BCUT2D eigenvalue weighted by molar-refractivity contribution is 6.08. The zero-order chi connectivity index (χ0) is 48.9. The number of fused-ring (bicyclic) bond motifs is 10. The minimum Gasteiger partial charge on any atom is -0.496 e. The molecule has 15 nitrogen and oxygen atoms in total. The van der Waals surface area contributed by atoms with Crippen LogP contribution >= 0.6 is 0 Å². The van der Waals surface area contributed by atoms with Crippen molar-refractivity contribution in [2.24, 2.45) is 0 Å². The molecule has 70 heavy (non-hydrogen) atoms. The molecule has 2 saturated heterocycles. The number of hydrogen-bond acceptors (Lipinski definition) is 13. The molecular formula is C49H42F6N10O5.